The van der Waals surface area contributed by atoms with Crippen molar-refractivity contribution in [2.24, 2.45) is 11.8 Å². The van der Waals surface area contributed by atoms with Crippen LogP contribution in [-0.4, -0.2) is 24.0 Å². The first-order valence-electron chi connectivity index (χ1n) is 7.38. The van der Waals surface area contributed by atoms with Crippen molar-refractivity contribution in [1.29, 1.82) is 0 Å². The Balaban J connectivity index is 2.25. The Morgan fingerprint density at radius 2 is 1.94 bits per heavy atom. The van der Waals surface area contributed by atoms with Crippen LogP contribution in [0, 0.1) is 11.8 Å². The number of carbonyl (C=O) groups is 1. The summed E-state index contributed by atoms with van der Waals surface area (Å²) in [6.07, 6.45) is 4.23. The molecule has 106 valence electrons. The van der Waals surface area contributed by atoms with Crippen LogP contribution in [0.2, 0.25) is 0 Å². The summed E-state index contributed by atoms with van der Waals surface area (Å²) in [7, 11) is 0. The van der Waals surface area contributed by atoms with Gasteiger partial charge in [-0.15, -0.1) is 0 Å². The Bertz CT molecular complexity index is 270. The van der Waals surface area contributed by atoms with Crippen LogP contribution in [0.15, 0.2) is 0 Å². The fraction of sp³-hybridized carbons (Fsp3) is 0.933. The zero-order valence-electron chi connectivity index (χ0n) is 12.7. The number of carbonyl (C=O) groups excluding carboxylic acids is 1. The molecule has 0 heterocycles. The van der Waals surface area contributed by atoms with E-state index in [9.17, 15) is 4.79 Å². The summed E-state index contributed by atoms with van der Waals surface area (Å²) in [5.74, 6) is 1.62. The first kappa shape index (κ1) is 15.5. The van der Waals surface area contributed by atoms with E-state index in [1.165, 1.54) is 12.8 Å². The van der Waals surface area contributed by atoms with E-state index in [4.69, 9.17) is 0 Å². The summed E-state index contributed by atoms with van der Waals surface area (Å²) < 4.78 is 0. The van der Waals surface area contributed by atoms with E-state index < -0.39 is 0 Å². The lowest BCUT2D eigenvalue weighted by atomic mass is 9.93. The highest BCUT2D eigenvalue weighted by atomic mass is 16.1. The predicted octanol–water partition coefficient (Wildman–Crippen LogP) is 2.71. The molecule has 2 N–H and O–H groups in total. The number of rotatable bonds is 5. The Morgan fingerprint density at radius 3 is 2.44 bits per heavy atom. The van der Waals surface area contributed by atoms with Crippen LogP contribution in [0.5, 0.6) is 0 Å². The maximum atomic E-state index is 11.9. The van der Waals surface area contributed by atoms with E-state index in [0.29, 0.717) is 18.4 Å². The van der Waals surface area contributed by atoms with Gasteiger partial charge in [-0.1, -0.05) is 20.3 Å². The maximum Gasteiger partial charge on any atom is 0.221 e. The molecule has 3 nitrogen and oxygen atoms in total. The van der Waals surface area contributed by atoms with E-state index in [0.717, 1.165) is 18.9 Å². The minimum absolute atomic E-state index is 0.0915. The first-order valence-corrected chi connectivity index (χ1v) is 7.38. The molecule has 1 fully saturated rings. The van der Waals surface area contributed by atoms with Crippen LogP contribution >= 0.6 is 0 Å². The molecule has 3 atom stereocenters. The van der Waals surface area contributed by atoms with Gasteiger partial charge in [0.1, 0.15) is 0 Å². The van der Waals surface area contributed by atoms with Crippen molar-refractivity contribution in [2.75, 3.05) is 6.54 Å². The number of nitrogens with one attached hydrogen (secondary N) is 2. The largest absolute Gasteiger partial charge is 0.353 e. The quantitative estimate of drug-likeness (QED) is 0.792. The summed E-state index contributed by atoms with van der Waals surface area (Å²) in [6.45, 7) is 11.6. The molecular weight excluding hydrogens is 224 g/mol. The molecule has 0 aliphatic heterocycles. The van der Waals surface area contributed by atoms with Gasteiger partial charge in [-0.3, -0.25) is 4.79 Å². The molecule has 0 aromatic carbocycles. The normalized spacial score (nSPS) is 28.4. The van der Waals surface area contributed by atoms with Crippen LogP contribution in [0.25, 0.3) is 0 Å². The molecule has 1 amide bonds. The third-order valence-electron chi connectivity index (χ3n) is 4.10. The van der Waals surface area contributed by atoms with E-state index in [-0.39, 0.29) is 11.4 Å². The van der Waals surface area contributed by atoms with Gasteiger partial charge in [-0.2, -0.15) is 0 Å². The Hall–Kier alpha value is -0.570. The summed E-state index contributed by atoms with van der Waals surface area (Å²) in [5, 5.41) is 6.55. The number of amides is 1. The summed E-state index contributed by atoms with van der Waals surface area (Å²) >= 11 is 0. The van der Waals surface area contributed by atoms with E-state index >= 15 is 0 Å². The van der Waals surface area contributed by atoms with Crippen LogP contribution in [0.1, 0.15) is 60.3 Å². The van der Waals surface area contributed by atoms with Crippen molar-refractivity contribution in [2.45, 2.75) is 71.9 Å². The molecule has 3 unspecified atom stereocenters. The second-order valence-electron chi connectivity index (χ2n) is 6.71. The Labute approximate surface area is 112 Å². The average molecular weight is 254 g/mol. The lowest BCUT2D eigenvalue weighted by molar-refractivity contribution is -0.122. The fourth-order valence-electron chi connectivity index (χ4n) is 2.86. The molecular formula is C15H30N2O. The molecule has 0 aromatic heterocycles. The molecule has 1 saturated carbocycles. The van der Waals surface area contributed by atoms with E-state index in [1.807, 2.05) is 0 Å². The van der Waals surface area contributed by atoms with Crippen molar-refractivity contribution in [1.82, 2.24) is 10.6 Å². The molecule has 3 heteroatoms. The average Bonchev–Trinajstić information content (AvgIpc) is 2.58. The molecule has 1 aliphatic rings. The van der Waals surface area contributed by atoms with E-state index in [1.54, 1.807) is 0 Å². The smallest absolute Gasteiger partial charge is 0.221 e. The van der Waals surface area contributed by atoms with Crippen LogP contribution < -0.4 is 10.6 Å². The van der Waals surface area contributed by atoms with Gasteiger partial charge in [-0.25, -0.2) is 0 Å². The SMILES string of the molecule is CCC1CCC(NC(=O)CCNC(C)(C)C)C1C. The summed E-state index contributed by atoms with van der Waals surface area (Å²) in [5.41, 5.74) is 0.0915. The van der Waals surface area contributed by atoms with Crippen molar-refractivity contribution in [3.8, 4) is 0 Å². The Kier molecular flexibility index (Phi) is 5.64. The molecule has 0 spiro atoms. The van der Waals surface area contributed by atoms with Gasteiger partial charge >= 0.3 is 0 Å². The van der Waals surface area contributed by atoms with Gasteiger partial charge in [-0.05, 0) is 45.4 Å². The highest BCUT2D eigenvalue weighted by Gasteiger charge is 2.32. The van der Waals surface area contributed by atoms with Crippen molar-refractivity contribution < 1.29 is 4.79 Å². The third-order valence-corrected chi connectivity index (χ3v) is 4.10. The zero-order chi connectivity index (χ0) is 13.8. The standard InChI is InChI=1S/C15H30N2O/c1-6-12-7-8-13(11(12)2)17-14(18)9-10-16-15(3,4)5/h11-13,16H,6-10H2,1-5H3,(H,17,18). The minimum Gasteiger partial charge on any atom is -0.353 e. The monoisotopic (exact) mass is 254 g/mol. The van der Waals surface area contributed by atoms with Crippen LogP contribution in [-0.2, 0) is 4.79 Å². The highest BCUT2D eigenvalue weighted by molar-refractivity contribution is 5.76. The molecule has 0 saturated heterocycles. The van der Waals surface area contributed by atoms with Gasteiger partial charge in [0.2, 0.25) is 5.91 Å². The second-order valence-corrected chi connectivity index (χ2v) is 6.71. The highest BCUT2D eigenvalue weighted by Crippen LogP contribution is 2.33. The third kappa shape index (κ3) is 4.97. The van der Waals surface area contributed by atoms with Gasteiger partial charge in [0.05, 0.1) is 0 Å². The Morgan fingerprint density at radius 1 is 1.28 bits per heavy atom. The minimum atomic E-state index is 0.0915. The lowest BCUT2D eigenvalue weighted by Crippen LogP contribution is -2.41. The second kappa shape index (κ2) is 6.55. The summed E-state index contributed by atoms with van der Waals surface area (Å²) in [4.78, 5) is 11.9. The van der Waals surface area contributed by atoms with Crippen LogP contribution in [0.3, 0.4) is 0 Å². The van der Waals surface area contributed by atoms with Crippen molar-refractivity contribution in [3.05, 3.63) is 0 Å². The van der Waals surface area contributed by atoms with Gasteiger partial charge in [0.25, 0.3) is 0 Å². The molecule has 0 aromatic rings. The van der Waals surface area contributed by atoms with Gasteiger partial charge in [0.15, 0.2) is 0 Å². The molecule has 0 bridgehead atoms. The zero-order valence-corrected chi connectivity index (χ0v) is 12.7. The van der Waals surface area contributed by atoms with Gasteiger partial charge in [0, 0.05) is 24.5 Å². The molecule has 0 radical (unpaired) electrons. The number of hydrogen-bond acceptors (Lipinski definition) is 2. The lowest BCUT2D eigenvalue weighted by Gasteiger charge is -2.22. The van der Waals surface area contributed by atoms with Crippen molar-refractivity contribution >= 4 is 5.91 Å². The fourth-order valence-corrected chi connectivity index (χ4v) is 2.86. The first-order chi connectivity index (χ1) is 8.33. The summed E-state index contributed by atoms with van der Waals surface area (Å²) in [6, 6.07) is 0.400. The number of hydrogen-bond donors (Lipinski definition) is 2. The maximum absolute atomic E-state index is 11.9. The van der Waals surface area contributed by atoms with Crippen LogP contribution in [0.4, 0.5) is 0 Å². The van der Waals surface area contributed by atoms with E-state index in [2.05, 4.69) is 45.3 Å². The molecule has 1 aliphatic carbocycles. The predicted molar refractivity (Wildman–Crippen MR) is 76.5 cm³/mol. The van der Waals surface area contributed by atoms with Crippen molar-refractivity contribution in [3.63, 3.8) is 0 Å². The van der Waals surface area contributed by atoms with Gasteiger partial charge < -0.3 is 10.6 Å². The molecule has 18 heavy (non-hydrogen) atoms. The molecule has 1 rings (SSSR count). The topological polar surface area (TPSA) is 41.1 Å².